The fraction of sp³-hybridized carbons (Fsp3) is 0.348. The van der Waals surface area contributed by atoms with Crippen molar-refractivity contribution in [2.45, 2.75) is 32.7 Å². The van der Waals surface area contributed by atoms with Gasteiger partial charge in [0.25, 0.3) is 0 Å². The van der Waals surface area contributed by atoms with E-state index in [1.807, 2.05) is 61.5 Å². The number of carbonyl (C=O) groups excluding carboxylic acids is 3. The molecule has 3 rings (SSSR count). The third-order valence-electron chi connectivity index (χ3n) is 5.01. The fourth-order valence-corrected chi connectivity index (χ4v) is 3.44. The molecular formula is C23H26N2O4. The summed E-state index contributed by atoms with van der Waals surface area (Å²) in [5.74, 6) is -0.336. The number of amides is 2. The van der Waals surface area contributed by atoms with Gasteiger partial charge in [-0.3, -0.25) is 14.4 Å². The van der Waals surface area contributed by atoms with E-state index in [1.54, 1.807) is 11.8 Å². The van der Waals surface area contributed by atoms with Crippen molar-refractivity contribution in [3.05, 3.63) is 60.2 Å². The maximum Gasteiger partial charge on any atom is 0.227 e. The van der Waals surface area contributed by atoms with E-state index in [1.165, 1.54) is 0 Å². The molecule has 1 saturated heterocycles. The van der Waals surface area contributed by atoms with Crippen LogP contribution in [-0.2, 0) is 20.8 Å². The lowest BCUT2D eigenvalue weighted by Gasteiger charge is -2.20. The molecule has 0 unspecified atom stereocenters. The molecule has 1 N–H and O–H groups in total. The third-order valence-corrected chi connectivity index (χ3v) is 5.01. The van der Waals surface area contributed by atoms with Crippen LogP contribution >= 0.6 is 0 Å². The smallest absolute Gasteiger partial charge is 0.227 e. The van der Waals surface area contributed by atoms with Gasteiger partial charge in [0, 0.05) is 19.4 Å². The van der Waals surface area contributed by atoms with Crippen LogP contribution in [0, 0.1) is 5.92 Å². The Morgan fingerprint density at radius 3 is 2.55 bits per heavy atom. The number of Topliss-reactive ketones (excluding diaryl/α,β-unsaturated/α-hetero) is 1. The predicted octanol–water partition coefficient (Wildman–Crippen LogP) is 2.75. The summed E-state index contributed by atoms with van der Waals surface area (Å²) < 4.78 is 5.61. The van der Waals surface area contributed by atoms with Gasteiger partial charge in [-0.2, -0.15) is 0 Å². The zero-order valence-corrected chi connectivity index (χ0v) is 16.8. The highest BCUT2D eigenvalue weighted by Crippen LogP contribution is 2.33. The molecule has 6 heteroatoms. The van der Waals surface area contributed by atoms with E-state index < -0.39 is 12.0 Å². The van der Waals surface area contributed by atoms with Gasteiger partial charge >= 0.3 is 0 Å². The number of anilines is 1. The Morgan fingerprint density at radius 1 is 1.14 bits per heavy atom. The number of benzene rings is 2. The molecule has 0 aliphatic carbocycles. The molecule has 0 bridgehead atoms. The van der Waals surface area contributed by atoms with Crippen LogP contribution in [0.15, 0.2) is 54.6 Å². The van der Waals surface area contributed by atoms with E-state index in [2.05, 4.69) is 5.32 Å². The molecule has 1 heterocycles. The van der Waals surface area contributed by atoms with Crippen molar-refractivity contribution in [2.75, 3.05) is 18.1 Å². The molecule has 0 radical (unpaired) electrons. The van der Waals surface area contributed by atoms with E-state index in [9.17, 15) is 14.4 Å². The summed E-state index contributed by atoms with van der Waals surface area (Å²) in [4.78, 5) is 39.2. The van der Waals surface area contributed by atoms with Crippen molar-refractivity contribution in [2.24, 2.45) is 5.92 Å². The highest BCUT2D eigenvalue weighted by molar-refractivity contribution is 6.02. The molecule has 2 atom stereocenters. The standard InChI is InChI=1S/C23H26N2O4/c1-3-29-21-12-8-7-11-19(21)25-15-18(14-22(25)27)23(28)24-16(2)20(26)13-17-9-5-4-6-10-17/h4-12,16,18H,3,13-15H2,1-2H3,(H,24,28)/t16-,18+/m1/s1. The second-order valence-electron chi connectivity index (χ2n) is 7.17. The van der Waals surface area contributed by atoms with Crippen LogP contribution in [0.5, 0.6) is 5.75 Å². The quantitative estimate of drug-likeness (QED) is 0.747. The van der Waals surface area contributed by atoms with Crippen LogP contribution in [0.25, 0.3) is 0 Å². The van der Waals surface area contributed by atoms with E-state index in [-0.39, 0.29) is 37.0 Å². The minimum atomic E-state index is -0.609. The lowest BCUT2D eigenvalue weighted by atomic mass is 10.0. The number of rotatable bonds is 8. The zero-order valence-electron chi connectivity index (χ0n) is 16.8. The first-order chi connectivity index (χ1) is 14.0. The molecule has 152 valence electrons. The van der Waals surface area contributed by atoms with Crippen molar-refractivity contribution < 1.29 is 19.1 Å². The molecule has 1 fully saturated rings. The Balaban J connectivity index is 1.61. The van der Waals surface area contributed by atoms with Gasteiger partial charge in [-0.1, -0.05) is 42.5 Å². The monoisotopic (exact) mass is 394 g/mol. The van der Waals surface area contributed by atoms with Gasteiger partial charge < -0.3 is 15.0 Å². The maximum atomic E-state index is 12.7. The van der Waals surface area contributed by atoms with Crippen molar-refractivity contribution in [1.29, 1.82) is 0 Å². The van der Waals surface area contributed by atoms with Crippen molar-refractivity contribution in [1.82, 2.24) is 5.32 Å². The average Bonchev–Trinajstić information content (AvgIpc) is 3.11. The number of carbonyl (C=O) groups is 3. The Bertz CT molecular complexity index is 881. The fourth-order valence-electron chi connectivity index (χ4n) is 3.44. The van der Waals surface area contributed by atoms with Crippen LogP contribution < -0.4 is 15.0 Å². The zero-order chi connectivity index (χ0) is 20.8. The van der Waals surface area contributed by atoms with E-state index in [0.717, 1.165) is 5.56 Å². The summed E-state index contributed by atoms with van der Waals surface area (Å²) in [7, 11) is 0. The molecule has 29 heavy (non-hydrogen) atoms. The topological polar surface area (TPSA) is 75.7 Å². The largest absolute Gasteiger partial charge is 0.492 e. The van der Waals surface area contributed by atoms with Gasteiger partial charge in [0.05, 0.1) is 24.3 Å². The molecule has 0 spiro atoms. The summed E-state index contributed by atoms with van der Waals surface area (Å²) in [5.41, 5.74) is 1.58. The molecule has 0 aromatic heterocycles. The summed E-state index contributed by atoms with van der Waals surface area (Å²) >= 11 is 0. The van der Waals surface area contributed by atoms with Gasteiger partial charge in [-0.25, -0.2) is 0 Å². The minimum absolute atomic E-state index is 0.0626. The highest BCUT2D eigenvalue weighted by Gasteiger charge is 2.37. The van der Waals surface area contributed by atoms with Crippen molar-refractivity contribution in [3.63, 3.8) is 0 Å². The van der Waals surface area contributed by atoms with Gasteiger partial charge in [0.1, 0.15) is 5.75 Å². The Kier molecular flexibility index (Phi) is 6.65. The number of hydrogen-bond donors (Lipinski definition) is 1. The van der Waals surface area contributed by atoms with Crippen molar-refractivity contribution in [3.8, 4) is 5.75 Å². The normalized spacial score (nSPS) is 17.1. The number of nitrogens with one attached hydrogen (secondary N) is 1. The van der Waals surface area contributed by atoms with Gasteiger partial charge in [0.15, 0.2) is 5.78 Å². The maximum absolute atomic E-state index is 12.7. The number of ether oxygens (including phenoxy) is 1. The first-order valence-corrected chi connectivity index (χ1v) is 9.88. The van der Waals surface area contributed by atoms with Crippen LogP contribution in [-0.4, -0.2) is 36.8 Å². The van der Waals surface area contributed by atoms with Gasteiger partial charge in [-0.15, -0.1) is 0 Å². The average molecular weight is 394 g/mol. The molecule has 2 amide bonds. The number of ketones is 1. The lowest BCUT2D eigenvalue weighted by Crippen LogP contribution is -2.43. The van der Waals surface area contributed by atoms with Crippen LogP contribution in [0.3, 0.4) is 0 Å². The summed E-state index contributed by atoms with van der Waals surface area (Å²) in [5, 5.41) is 2.78. The van der Waals surface area contributed by atoms with Crippen LogP contribution in [0.4, 0.5) is 5.69 Å². The summed E-state index contributed by atoms with van der Waals surface area (Å²) in [6.45, 7) is 4.33. The summed E-state index contributed by atoms with van der Waals surface area (Å²) in [6.07, 6.45) is 0.381. The van der Waals surface area contributed by atoms with Crippen LogP contribution in [0.1, 0.15) is 25.8 Å². The Labute approximate surface area is 170 Å². The third kappa shape index (κ3) is 5.02. The molecule has 6 nitrogen and oxygen atoms in total. The molecule has 0 saturated carbocycles. The first kappa shape index (κ1) is 20.6. The lowest BCUT2D eigenvalue weighted by molar-refractivity contribution is -0.130. The Morgan fingerprint density at radius 2 is 1.83 bits per heavy atom. The number of para-hydroxylation sites is 2. The minimum Gasteiger partial charge on any atom is -0.492 e. The molecule has 2 aromatic carbocycles. The highest BCUT2D eigenvalue weighted by atomic mass is 16.5. The molecule has 1 aliphatic heterocycles. The molecular weight excluding hydrogens is 368 g/mol. The molecule has 2 aromatic rings. The van der Waals surface area contributed by atoms with Crippen LogP contribution in [0.2, 0.25) is 0 Å². The summed E-state index contributed by atoms with van der Waals surface area (Å²) in [6, 6.07) is 16.1. The number of hydrogen-bond acceptors (Lipinski definition) is 4. The number of nitrogens with zero attached hydrogens (tertiary/aromatic N) is 1. The van der Waals surface area contributed by atoms with E-state index >= 15 is 0 Å². The Hall–Kier alpha value is -3.15. The molecule has 1 aliphatic rings. The van der Waals surface area contributed by atoms with E-state index in [0.29, 0.717) is 18.0 Å². The van der Waals surface area contributed by atoms with Crippen molar-refractivity contribution >= 4 is 23.3 Å². The second kappa shape index (κ2) is 9.37. The SMILES string of the molecule is CCOc1ccccc1N1C[C@@H](C(=O)N[C@H](C)C(=O)Cc2ccccc2)CC1=O. The predicted molar refractivity (Wildman–Crippen MR) is 111 cm³/mol. The van der Waals surface area contributed by atoms with E-state index in [4.69, 9.17) is 4.74 Å². The van der Waals surface area contributed by atoms with Gasteiger partial charge in [-0.05, 0) is 31.5 Å². The van der Waals surface area contributed by atoms with Gasteiger partial charge in [0.2, 0.25) is 11.8 Å². The first-order valence-electron chi connectivity index (χ1n) is 9.88. The second-order valence-corrected chi connectivity index (χ2v) is 7.17.